The number of hydrogen-bond acceptors (Lipinski definition) is 3. The van der Waals surface area contributed by atoms with Crippen molar-refractivity contribution in [2.75, 3.05) is 40.3 Å². The summed E-state index contributed by atoms with van der Waals surface area (Å²) in [5, 5.41) is 12.2. The fourth-order valence-electron chi connectivity index (χ4n) is 3.83. The highest BCUT2D eigenvalue weighted by atomic mass is 16.2. The zero-order valence-corrected chi connectivity index (χ0v) is 13.2. The molecule has 0 aromatic heterocycles. The molecule has 0 spiro atoms. The average Bonchev–Trinajstić information content (AvgIpc) is 2.35. The number of nitrogens with zero attached hydrogens (tertiary/aromatic N) is 1. The highest BCUT2D eigenvalue weighted by molar-refractivity contribution is 4.89. The van der Waals surface area contributed by atoms with Crippen LogP contribution in [0.25, 0.3) is 0 Å². The molecule has 0 amide bonds. The van der Waals surface area contributed by atoms with Crippen molar-refractivity contribution in [1.29, 1.82) is 0 Å². The summed E-state index contributed by atoms with van der Waals surface area (Å²) in [6.07, 6.45) is 8.85. The van der Waals surface area contributed by atoms with Crippen LogP contribution in [-0.2, 0) is 0 Å². The Morgan fingerprint density at radius 1 is 1.32 bits per heavy atom. The van der Waals surface area contributed by atoms with Crippen molar-refractivity contribution in [3.05, 3.63) is 0 Å². The van der Waals surface area contributed by atoms with Gasteiger partial charge in [-0.05, 0) is 64.1 Å². The van der Waals surface area contributed by atoms with Crippen LogP contribution in [-0.4, -0.2) is 50.3 Å². The third-order valence-corrected chi connectivity index (χ3v) is 4.54. The summed E-state index contributed by atoms with van der Waals surface area (Å²) in [6.45, 7) is 6.28. The fourth-order valence-corrected chi connectivity index (χ4v) is 3.83. The Morgan fingerprint density at radius 2 is 2.11 bits per heavy atom. The summed E-state index contributed by atoms with van der Waals surface area (Å²) in [7, 11) is 4.35. The number of hydrogen-bond donors (Lipinski definition) is 2. The molecule has 1 aliphatic rings. The van der Waals surface area contributed by atoms with Crippen molar-refractivity contribution in [2.45, 2.75) is 51.9 Å². The molecule has 0 saturated heterocycles. The molecule has 2 unspecified atom stereocenters. The van der Waals surface area contributed by atoms with Crippen molar-refractivity contribution in [2.24, 2.45) is 11.3 Å². The van der Waals surface area contributed by atoms with Crippen LogP contribution in [0.4, 0.5) is 0 Å². The summed E-state index contributed by atoms with van der Waals surface area (Å²) in [5.41, 5.74) is 0.484. The van der Waals surface area contributed by atoms with Gasteiger partial charge in [-0.3, -0.25) is 0 Å². The maximum Gasteiger partial charge on any atom is 0.0431 e. The molecule has 1 saturated carbocycles. The van der Waals surface area contributed by atoms with Gasteiger partial charge < -0.3 is 15.3 Å². The van der Waals surface area contributed by atoms with Gasteiger partial charge in [0.05, 0.1) is 0 Å². The van der Waals surface area contributed by atoms with Crippen LogP contribution in [0, 0.1) is 11.3 Å². The quantitative estimate of drug-likeness (QED) is 0.632. The SMILES string of the molecule is CNCC1(CN(C)CCCCCO)CCCC(C)C1. The van der Waals surface area contributed by atoms with Gasteiger partial charge in [-0.25, -0.2) is 0 Å². The van der Waals surface area contributed by atoms with E-state index in [2.05, 4.69) is 31.2 Å². The molecule has 19 heavy (non-hydrogen) atoms. The van der Waals surface area contributed by atoms with E-state index in [1.54, 1.807) is 0 Å². The molecule has 0 aliphatic heterocycles. The molecule has 0 aromatic carbocycles. The van der Waals surface area contributed by atoms with E-state index in [1.165, 1.54) is 45.2 Å². The van der Waals surface area contributed by atoms with E-state index < -0.39 is 0 Å². The summed E-state index contributed by atoms with van der Waals surface area (Å²) in [4.78, 5) is 2.51. The van der Waals surface area contributed by atoms with Crippen molar-refractivity contribution in [3.8, 4) is 0 Å². The van der Waals surface area contributed by atoms with Gasteiger partial charge in [0.2, 0.25) is 0 Å². The lowest BCUT2D eigenvalue weighted by molar-refractivity contribution is 0.0929. The normalized spacial score (nSPS) is 27.9. The lowest BCUT2D eigenvalue weighted by Gasteiger charge is -2.42. The van der Waals surface area contributed by atoms with Crippen molar-refractivity contribution < 1.29 is 5.11 Å². The largest absolute Gasteiger partial charge is 0.396 e. The molecule has 0 bridgehead atoms. The smallest absolute Gasteiger partial charge is 0.0431 e. The molecular formula is C16H34N2O. The van der Waals surface area contributed by atoms with Gasteiger partial charge in [-0.2, -0.15) is 0 Å². The lowest BCUT2D eigenvalue weighted by Crippen LogP contribution is -2.45. The van der Waals surface area contributed by atoms with Gasteiger partial charge >= 0.3 is 0 Å². The predicted octanol–water partition coefficient (Wildman–Crippen LogP) is 2.50. The minimum absolute atomic E-state index is 0.338. The first-order valence-corrected chi connectivity index (χ1v) is 8.06. The molecule has 0 aromatic rings. The molecule has 2 atom stereocenters. The van der Waals surface area contributed by atoms with E-state index in [0.29, 0.717) is 12.0 Å². The Labute approximate surface area is 119 Å². The Morgan fingerprint density at radius 3 is 2.74 bits per heavy atom. The van der Waals surface area contributed by atoms with E-state index in [9.17, 15) is 0 Å². The van der Waals surface area contributed by atoms with Crippen LogP contribution in [0.2, 0.25) is 0 Å². The second-order valence-corrected chi connectivity index (χ2v) is 6.75. The number of aliphatic hydroxyl groups excluding tert-OH is 1. The fraction of sp³-hybridized carbons (Fsp3) is 1.00. The molecule has 1 rings (SSSR count). The Kier molecular flexibility index (Phi) is 7.96. The van der Waals surface area contributed by atoms with Gasteiger partial charge in [-0.1, -0.05) is 19.8 Å². The summed E-state index contributed by atoms with van der Waals surface area (Å²) < 4.78 is 0. The third-order valence-electron chi connectivity index (χ3n) is 4.54. The topological polar surface area (TPSA) is 35.5 Å². The summed E-state index contributed by atoms with van der Waals surface area (Å²) in [5.74, 6) is 0.880. The monoisotopic (exact) mass is 270 g/mol. The highest BCUT2D eigenvalue weighted by Crippen LogP contribution is 2.39. The van der Waals surface area contributed by atoms with Gasteiger partial charge in [0.25, 0.3) is 0 Å². The van der Waals surface area contributed by atoms with Gasteiger partial charge in [0.15, 0.2) is 0 Å². The minimum atomic E-state index is 0.338. The molecule has 1 aliphatic carbocycles. The van der Waals surface area contributed by atoms with E-state index in [0.717, 1.165) is 25.3 Å². The number of rotatable bonds is 9. The summed E-state index contributed by atoms with van der Waals surface area (Å²) in [6, 6.07) is 0. The number of aliphatic hydroxyl groups is 1. The highest BCUT2D eigenvalue weighted by Gasteiger charge is 2.35. The van der Waals surface area contributed by atoms with Gasteiger partial charge in [0, 0.05) is 19.7 Å². The van der Waals surface area contributed by atoms with Gasteiger partial charge in [-0.15, -0.1) is 0 Å². The van der Waals surface area contributed by atoms with Crippen LogP contribution < -0.4 is 5.32 Å². The zero-order valence-electron chi connectivity index (χ0n) is 13.2. The maximum atomic E-state index is 8.81. The van der Waals surface area contributed by atoms with Crippen LogP contribution >= 0.6 is 0 Å². The molecule has 3 nitrogen and oxygen atoms in total. The minimum Gasteiger partial charge on any atom is -0.396 e. The van der Waals surface area contributed by atoms with E-state index in [-0.39, 0.29) is 0 Å². The molecular weight excluding hydrogens is 236 g/mol. The van der Waals surface area contributed by atoms with Crippen LogP contribution in [0.15, 0.2) is 0 Å². The lowest BCUT2D eigenvalue weighted by atomic mass is 9.69. The van der Waals surface area contributed by atoms with Crippen molar-refractivity contribution in [3.63, 3.8) is 0 Å². The molecule has 0 radical (unpaired) electrons. The molecule has 114 valence electrons. The van der Waals surface area contributed by atoms with Crippen LogP contribution in [0.3, 0.4) is 0 Å². The number of unbranched alkanes of at least 4 members (excludes halogenated alkanes) is 2. The average molecular weight is 270 g/mol. The Hall–Kier alpha value is -0.120. The van der Waals surface area contributed by atoms with Gasteiger partial charge in [0.1, 0.15) is 0 Å². The Bertz CT molecular complexity index is 231. The van der Waals surface area contributed by atoms with E-state index >= 15 is 0 Å². The maximum absolute atomic E-state index is 8.81. The standard InChI is InChI=1S/C16H34N2O/c1-15-8-7-9-16(12-15,13-17-2)14-18(3)10-5-4-6-11-19/h15,17,19H,4-14H2,1-3H3. The van der Waals surface area contributed by atoms with Crippen molar-refractivity contribution >= 4 is 0 Å². The Balaban J connectivity index is 2.39. The molecule has 1 fully saturated rings. The summed E-state index contributed by atoms with van der Waals surface area (Å²) >= 11 is 0. The third kappa shape index (κ3) is 6.24. The molecule has 2 N–H and O–H groups in total. The van der Waals surface area contributed by atoms with Crippen LogP contribution in [0.1, 0.15) is 51.9 Å². The van der Waals surface area contributed by atoms with E-state index in [4.69, 9.17) is 5.11 Å². The van der Waals surface area contributed by atoms with E-state index in [1.807, 2.05) is 0 Å². The van der Waals surface area contributed by atoms with Crippen molar-refractivity contribution in [1.82, 2.24) is 10.2 Å². The first-order chi connectivity index (χ1) is 9.12. The molecule has 0 heterocycles. The molecule has 3 heteroatoms. The predicted molar refractivity (Wildman–Crippen MR) is 82.4 cm³/mol. The first kappa shape index (κ1) is 16.9. The second kappa shape index (κ2) is 8.93. The van der Waals surface area contributed by atoms with Crippen LogP contribution in [0.5, 0.6) is 0 Å². The zero-order chi connectivity index (χ0) is 14.1. The first-order valence-electron chi connectivity index (χ1n) is 8.06. The second-order valence-electron chi connectivity index (χ2n) is 6.75. The number of nitrogens with one attached hydrogen (secondary N) is 1.